The third kappa shape index (κ3) is 3.65. The van der Waals surface area contributed by atoms with Gasteiger partial charge in [-0.2, -0.15) is 0 Å². The van der Waals surface area contributed by atoms with Gasteiger partial charge in [-0.1, -0.05) is 23.3 Å². The van der Waals surface area contributed by atoms with Crippen molar-refractivity contribution >= 4 is 28.4 Å². The number of nitrogens with zero attached hydrogens (tertiary/aromatic N) is 2. The SMILES string of the molecule is Cc1cc(C)cc(-c2nc3cc(NC(=O)c4cccc([N+](=O)[O-])c4C)ccc3o2)c1. The molecule has 7 nitrogen and oxygen atoms in total. The van der Waals surface area contributed by atoms with Crippen molar-refractivity contribution < 1.29 is 14.1 Å². The lowest BCUT2D eigenvalue weighted by molar-refractivity contribution is -0.385. The predicted octanol–water partition coefficient (Wildman–Crippen LogP) is 5.58. The quantitative estimate of drug-likeness (QED) is 0.355. The number of aromatic nitrogens is 1. The number of hydrogen-bond acceptors (Lipinski definition) is 5. The van der Waals surface area contributed by atoms with Gasteiger partial charge in [0, 0.05) is 28.4 Å². The predicted molar refractivity (Wildman–Crippen MR) is 115 cm³/mol. The molecule has 3 aromatic carbocycles. The first kappa shape index (κ1) is 19.3. The van der Waals surface area contributed by atoms with Crippen molar-refractivity contribution in [1.82, 2.24) is 4.98 Å². The van der Waals surface area contributed by atoms with Crippen molar-refractivity contribution in [2.75, 3.05) is 5.32 Å². The van der Waals surface area contributed by atoms with E-state index in [0.717, 1.165) is 16.7 Å². The maximum Gasteiger partial charge on any atom is 0.273 e. The molecule has 0 fully saturated rings. The van der Waals surface area contributed by atoms with E-state index in [1.807, 2.05) is 26.0 Å². The average molecular weight is 401 g/mol. The zero-order chi connectivity index (χ0) is 21.4. The smallest absolute Gasteiger partial charge is 0.273 e. The number of nitro benzene ring substituents is 1. The van der Waals surface area contributed by atoms with Crippen LogP contribution < -0.4 is 5.32 Å². The average Bonchev–Trinajstić information content (AvgIpc) is 3.10. The maximum absolute atomic E-state index is 12.7. The van der Waals surface area contributed by atoms with E-state index in [0.29, 0.717) is 28.2 Å². The van der Waals surface area contributed by atoms with Gasteiger partial charge in [-0.05, 0) is 57.2 Å². The van der Waals surface area contributed by atoms with Crippen molar-refractivity contribution in [2.24, 2.45) is 0 Å². The highest BCUT2D eigenvalue weighted by molar-refractivity contribution is 6.06. The third-order valence-corrected chi connectivity index (χ3v) is 4.86. The second kappa shape index (κ2) is 7.44. The molecule has 0 radical (unpaired) electrons. The number of rotatable bonds is 4. The summed E-state index contributed by atoms with van der Waals surface area (Å²) in [6.07, 6.45) is 0. The molecule has 0 saturated heterocycles. The molecule has 1 heterocycles. The topological polar surface area (TPSA) is 98.3 Å². The minimum atomic E-state index is -0.498. The zero-order valence-corrected chi connectivity index (χ0v) is 16.7. The molecular formula is C23H19N3O4. The minimum absolute atomic E-state index is 0.0901. The number of amides is 1. The molecule has 0 aliphatic heterocycles. The van der Waals surface area contributed by atoms with E-state index >= 15 is 0 Å². The van der Waals surface area contributed by atoms with Gasteiger partial charge >= 0.3 is 0 Å². The first-order chi connectivity index (χ1) is 14.3. The Labute approximate surface area is 172 Å². The number of fused-ring (bicyclic) bond motifs is 1. The van der Waals surface area contributed by atoms with E-state index in [1.54, 1.807) is 31.2 Å². The van der Waals surface area contributed by atoms with Crippen molar-refractivity contribution in [3.05, 3.63) is 87.0 Å². The highest BCUT2D eigenvalue weighted by Gasteiger charge is 2.18. The Hall–Kier alpha value is -4.00. The lowest BCUT2D eigenvalue weighted by Crippen LogP contribution is -2.14. The summed E-state index contributed by atoms with van der Waals surface area (Å²) in [5.74, 6) is 0.0865. The van der Waals surface area contributed by atoms with Crippen molar-refractivity contribution in [1.29, 1.82) is 0 Å². The number of aryl methyl sites for hydroxylation is 2. The molecule has 0 spiro atoms. The Bertz CT molecular complexity index is 1290. The summed E-state index contributed by atoms with van der Waals surface area (Å²) in [7, 11) is 0. The van der Waals surface area contributed by atoms with Gasteiger partial charge in [0.25, 0.3) is 11.6 Å². The van der Waals surface area contributed by atoms with Crippen LogP contribution in [0.2, 0.25) is 0 Å². The van der Waals surface area contributed by atoms with Gasteiger partial charge in [0.05, 0.1) is 4.92 Å². The van der Waals surface area contributed by atoms with Gasteiger partial charge in [0.15, 0.2) is 5.58 Å². The molecule has 4 rings (SSSR count). The number of carbonyl (C=O) groups is 1. The molecule has 0 aliphatic carbocycles. The highest BCUT2D eigenvalue weighted by atomic mass is 16.6. The second-order valence-electron chi connectivity index (χ2n) is 7.24. The number of hydrogen-bond donors (Lipinski definition) is 1. The van der Waals surface area contributed by atoms with E-state index in [4.69, 9.17) is 4.42 Å². The van der Waals surface area contributed by atoms with Crippen molar-refractivity contribution in [3.63, 3.8) is 0 Å². The third-order valence-electron chi connectivity index (χ3n) is 4.86. The summed E-state index contributed by atoms with van der Waals surface area (Å²) in [6, 6.07) is 15.7. The molecule has 1 amide bonds. The van der Waals surface area contributed by atoms with Crippen LogP contribution in [0.4, 0.5) is 11.4 Å². The van der Waals surface area contributed by atoms with E-state index in [-0.39, 0.29) is 11.3 Å². The van der Waals surface area contributed by atoms with Crippen LogP contribution in [0.5, 0.6) is 0 Å². The summed E-state index contributed by atoms with van der Waals surface area (Å²) < 4.78 is 5.87. The lowest BCUT2D eigenvalue weighted by atomic mass is 10.1. The fourth-order valence-electron chi connectivity index (χ4n) is 3.49. The highest BCUT2D eigenvalue weighted by Crippen LogP contribution is 2.28. The number of carbonyl (C=O) groups excluding carboxylic acids is 1. The van der Waals surface area contributed by atoms with E-state index in [1.165, 1.54) is 12.1 Å². The van der Waals surface area contributed by atoms with E-state index in [2.05, 4.69) is 16.4 Å². The number of nitro groups is 1. The van der Waals surface area contributed by atoms with Gasteiger partial charge in [-0.3, -0.25) is 14.9 Å². The molecule has 150 valence electrons. The molecule has 0 aliphatic rings. The molecule has 30 heavy (non-hydrogen) atoms. The van der Waals surface area contributed by atoms with Crippen LogP contribution in [-0.4, -0.2) is 15.8 Å². The Kier molecular flexibility index (Phi) is 4.79. The first-order valence-corrected chi connectivity index (χ1v) is 9.36. The molecule has 1 aromatic heterocycles. The summed E-state index contributed by atoms with van der Waals surface area (Å²) in [5, 5.41) is 13.9. The molecule has 4 aromatic rings. The van der Waals surface area contributed by atoms with Crippen LogP contribution >= 0.6 is 0 Å². The van der Waals surface area contributed by atoms with Crippen LogP contribution in [0.3, 0.4) is 0 Å². The van der Waals surface area contributed by atoms with Gasteiger partial charge in [0.1, 0.15) is 5.52 Å². The number of oxazole rings is 1. The van der Waals surface area contributed by atoms with Crippen LogP contribution in [0.1, 0.15) is 27.0 Å². The van der Waals surface area contributed by atoms with Crippen molar-refractivity contribution in [3.8, 4) is 11.5 Å². The Balaban J connectivity index is 1.64. The largest absolute Gasteiger partial charge is 0.436 e. The summed E-state index contributed by atoms with van der Waals surface area (Å²) in [4.78, 5) is 27.8. The summed E-state index contributed by atoms with van der Waals surface area (Å²) in [6.45, 7) is 5.59. The zero-order valence-electron chi connectivity index (χ0n) is 16.7. The van der Waals surface area contributed by atoms with E-state index < -0.39 is 10.8 Å². The molecule has 0 bridgehead atoms. The van der Waals surface area contributed by atoms with Crippen LogP contribution in [0, 0.1) is 30.9 Å². The van der Waals surface area contributed by atoms with Gasteiger partial charge in [0.2, 0.25) is 5.89 Å². The Morgan fingerprint density at radius 2 is 1.77 bits per heavy atom. The lowest BCUT2D eigenvalue weighted by Gasteiger charge is -2.07. The Morgan fingerprint density at radius 1 is 1.03 bits per heavy atom. The maximum atomic E-state index is 12.7. The van der Waals surface area contributed by atoms with Crippen LogP contribution in [-0.2, 0) is 0 Å². The number of anilines is 1. The van der Waals surface area contributed by atoms with Gasteiger partial charge < -0.3 is 9.73 Å². The molecule has 1 N–H and O–H groups in total. The molecule has 0 atom stereocenters. The summed E-state index contributed by atoms with van der Waals surface area (Å²) >= 11 is 0. The van der Waals surface area contributed by atoms with Gasteiger partial charge in [-0.15, -0.1) is 0 Å². The molecule has 7 heteroatoms. The molecular weight excluding hydrogens is 382 g/mol. The van der Waals surface area contributed by atoms with Gasteiger partial charge in [-0.25, -0.2) is 4.98 Å². The van der Waals surface area contributed by atoms with E-state index in [9.17, 15) is 14.9 Å². The normalized spacial score (nSPS) is 10.9. The Morgan fingerprint density at radius 3 is 2.47 bits per heavy atom. The second-order valence-corrected chi connectivity index (χ2v) is 7.24. The first-order valence-electron chi connectivity index (χ1n) is 9.36. The minimum Gasteiger partial charge on any atom is -0.436 e. The monoisotopic (exact) mass is 401 g/mol. The number of nitrogens with one attached hydrogen (secondary N) is 1. The fraction of sp³-hybridized carbons (Fsp3) is 0.130. The fourth-order valence-corrected chi connectivity index (χ4v) is 3.49. The molecule has 0 unspecified atom stereocenters. The van der Waals surface area contributed by atoms with Crippen molar-refractivity contribution in [2.45, 2.75) is 20.8 Å². The summed E-state index contributed by atoms with van der Waals surface area (Å²) in [5.41, 5.74) is 5.35. The van der Waals surface area contributed by atoms with Crippen LogP contribution in [0.25, 0.3) is 22.6 Å². The van der Waals surface area contributed by atoms with Crippen LogP contribution in [0.15, 0.2) is 59.0 Å². The standard InChI is InChI=1S/C23H19N3O4/c1-13-9-14(2)11-16(10-13)23-25-19-12-17(7-8-21(19)30-23)24-22(27)18-5-4-6-20(15(18)3)26(28)29/h4-12H,1-3H3,(H,24,27). The number of benzene rings is 3. The molecule has 0 saturated carbocycles.